The Morgan fingerprint density at radius 2 is 1.69 bits per heavy atom. The lowest BCUT2D eigenvalue weighted by atomic mass is 9.80. The zero-order valence-electron chi connectivity index (χ0n) is 15.0. The minimum Gasteiger partial charge on any atom is -0.493 e. The van der Waals surface area contributed by atoms with E-state index in [4.69, 9.17) is 24.5 Å². The smallest absolute Gasteiger partial charge is 0.488 e. The minimum atomic E-state index is -1.46. The number of methoxy groups -OCH3 is 2. The Morgan fingerprint density at radius 1 is 1.04 bits per heavy atom. The van der Waals surface area contributed by atoms with Crippen molar-refractivity contribution in [3.8, 4) is 11.5 Å². The molecule has 136 valence electrons. The van der Waals surface area contributed by atoms with E-state index in [9.17, 15) is 0 Å². The van der Waals surface area contributed by atoms with E-state index in [1.54, 1.807) is 26.4 Å². The number of nitrogens with one attached hydrogen (secondary N) is 2. The van der Waals surface area contributed by atoms with Crippen LogP contribution in [0.25, 0.3) is 0 Å². The Kier molecular flexibility index (Phi) is 5.34. The second-order valence-corrected chi connectivity index (χ2v) is 6.04. The number of amidine groups is 1. The van der Waals surface area contributed by atoms with Crippen LogP contribution in [0.5, 0.6) is 11.5 Å². The summed E-state index contributed by atoms with van der Waals surface area (Å²) >= 11 is 0. The number of rotatable bonds is 5. The van der Waals surface area contributed by atoms with Crippen LogP contribution < -0.4 is 25.6 Å². The molecule has 0 saturated carbocycles. The van der Waals surface area contributed by atoms with Gasteiger partial charge in [-0.25, -0.2) is 0 Å². The van der Waals surface area contributed by atoms with Crippen molar-refractivity contribution in [2.45, 2.75) is 19.6 Å². The highest BCUT2D eigenvalue weighted by Gasteiger charge is 2.22. The number of hydrogen-bond donors (Lipinski definition) is 4. The van der Waals surface area contributed by atoms with Crippen molar-refractivity contribution < 1.29 is 19.5 Å². The van der Waals surface area contributed by atoms with Crippen molar-refractivity contribution in [3.63, 3.8) is 0 Å². The first kappa shape index (κ1) is 18.1. The summed E-state index contributed by atoms with van der Waals surface area (Å²) in [5.41, 5.74) is 3.25. The van der Waals surface area contributed by atoms with Crippen molar-refractivity contribution in [2.75, 3.05) is 19.5 Å². The van der Waals surface area contributed by atoms with Gasteiger partial charge in [-0.15, -0.1) is 0 Å². The molecule has 2 aromatic rings. The van der Waals surface area contributed by atoms with E-state index in [1.165, 1.54) is 0 Å². The fourth-order valence-electron chi connectivity index (χ4n) is 2.84. The van der Waals surface area contributed by atoms with Gasteiger partial charge in [0.05, 0.1) is 32.6 Å². The summed E-state index contributed by atoms with van der Waals surface area (Å²) in [6.45, 7) is 2.47. The predicted molar refractivity (Wildman–Crippen MR) is 102 cm³/mol. The number of hydrogen-bond acceptors (Lipinski definition) is 6. The largest absolute Gasteiger partial charge is 0.493 e. The van der Waals surface area contributed by atoms with Gasteiger partial charge < -0.3 is 30.2 Å². The zero-order valence-corrected chi connectivity index (χ0v) is 15.0. The predicted octanol–water partition coefficient (Wildman–Crippen LogP) is 0.691. The van der Waals surface area contributed by atoms with Crippen LogP contribution in [-0.4, -0.2) is 43.4 Å². The summed E-state index contributed by atoms with van der Waals surface area (Å²) in [5, 5.41) is 25.0. The molecule has 4 N–H and O–H groups in total. The van der Waals surface area contributed by atoms with E-state index in [-0.39, 0.29) is 6.17 Å². The van der Waals surface area contributed by atoms with Crippen LogP contribution in [-0.2, 0) is 6.54 Å². The van der Waals surface area contributed by atoms with Gasteiger partial charge in [0.1, 0.15) is 5.84 Å². The first-order valence-electron chi connectivity index (χ1n) is 8.30. The molecule has 1 atom stereocenters. The molecule has 1 aliphatic heterocycles. The lowest BCUT2D eigenvalue weighted by Gasteiger charge is -2.28. The van der Waals surface area contributed by atoms with Gasteiger partial charge in [0.15, 0.2) is 11.5 Å². The van der Waals surface area contributed by atoms with E-state index in [0.29, 0.717) is 23.5 Å². The molecule has 3 rings (SSSR count). The summed E-state index contributed by atoms with van der Waals surface area (Å²) < 4.78 is 10.8. The second kappa shape index (κ2) is 7.67. The number of anilines is 1. The van der Waals surface area contributed by atoms with E-state index < -0.39 is 7.12 Å². The quantitative estimate of drug-likeness (QED) is 0.590. The lowest BCUT2D eigenvalue weighted by molar-refractivity contribution is 0.355. The van der Waals surface area contributed by atoms with Crippen LogP contribution in [0, 0.1) is 0 Å². The van der Waals surface area contributed by atoms with Crippen LogP contribution >= 0.6 is 0 Å². The third kappa shape index (κ3) is 3.76. The fraction of sp³-hybridized carbons (Fsp3) is 0.278. The highest BCUT2D eigenvalue weighted by molar-refractivity contribution is 6.58. The number of fused-ring (bicyclic) bond motifs is 1. The standard InChI is InChI=1S/C18H22BN3O4/c1-11-21-15-9-17(26-3)16(25-2)8-14(15)18(22-11)20-10-12-4-6-13(7-5-12)19(23)24/h4-9,11,21,23-24H,10H2,1-3H3,(H,20,22). The highest BCUT2D eigenvalue weighted by Crippen LogP contribution is 2.35. The van der Waals surface area contributed by atoms with E-state index in [1.807, 2.05) is 31.2 Å². The van der Waals surface area contributed by atoms with Crippen LogP contribution in [0.1, 0.15) is 18.1 Å². The van der Waals surface area contributed by atoms with Crippen LogP contribution in [0.3, 0.4) is 0 Å². The average Bonchev–Trinajstić information content (AvgIpc) is 2.65. The molecule has 1 unspecified atom stereocenters. The minimum absolute atomic E-state index is 0.0197. The number of aliphatic imine (C=N–C) groups is 1. The van der Waals surface area contributed by atoms with E-state index in [0.717, 1.165) is 22.6 Å². The Balaban J connectivity index is 1.89. The average molecular weight is 355 g/mol. The summed E-state index contributed by atoms with van der Waals surface area (Å²) in [6, 6.07) is 10.8. The first-order chi connectivity index (χ1) is 12.5. The van der Waals surface area contributed by atoms with Gasteiger partial charge in [-0.3, -0.25) is 4.99 Å². The highest BCUT2D eigenvalue weighted by atomic mass is 16.5. The number of ether oxygens (including phenoxy) is 2. The molecule has 2 aromatic carbocycles. The molecule has 1 aliphatic rings. The molecular weight excluding hydrogens is 333 g/mol. The van der Waals surface area contributed by atoms with E-state index in [2.05, 4.69) is 10.6 Å². The van der Waals surface area contributed by atoms with Gasteiger partial charge >= 0.3 is 7.12 Å². The van der Waals surface area contributed by atoms with Gasteiger partial charge in [-0.1, -0.05) is 24.3 Å². The Morgan fingerprint density at radius 3 is 2.31 bits per heavy atom. The van der Waals surface area contributed by atoms with E-state index >= 15 is 0 Å². The Labute approximate surface area is 152 Å². The van der Waals surface area contributed by atoms with Gasteiger partial charge in [0.25, 0.3) is 0 Å². The summed E-state index contributed by atoms with van der Waals surface area (Å²) in [5.74, 6) is 2.06. The SMILES string of the molecule is COc1cc2c(cc1OC)C(=NCc1ccc(B(O)O)cc1)NC(C)N2. The molecule has 0 bridgehead atoms. The lowest BCUT2D eigenvalue weighted by Crippen LogP contribution is -2.43. The normalized spacial score (nSPS) is 17.1. The van der Waals surface area contributed by atoms with Crippen molar-refractivity contribution in [3.05, 3.63) is 47.5 Å². The van der Waals surface area contributed by atoms with Gasteiger partial charge in [0.2, 0.25) is 0 Å². The monoisotopic (exact) mass is 355 g/mol. The van der Waals surface area contributed by atoms with Crippen LogP contribution in [0.4, 0.5) is 5.69 Å². The maximum atomic E-state index is 9.17. The molecule has 0 fully saturated rings. The number of nitrogens with zero attached hydrogens (tertiary/aromatic N) is 1. The first-order valence-corrected chi connectivity index (χ1v) is 8.30. The van der Waals surface area contributed by atoms with Gasteiger partial charge in [-0.05, 0) is 24.0 Å². The molecular formula is C18H22BN3O4. The molecule has 7 nitrogen and oxygen atoms in total. The molecule has 0 spiro atoms. The summed E-state index contributed by atoms with van der Waals surface area (Å²) in [4.78, 5) is 4.69. The third-order valence-electron chi connectivity index (χ3n) is 4.20. The van der Waals surface area contributed by atoms with Crippen molar-refractivity contribution in [2.24, 2.45) is 4.99 Å². The maximum Gasteiger partial charge on any atom is 0.488 e. The zero-order chi connectivity index (χ0) is 18.7. The van der Waals surface area contributed by atoms with Crippen LogP contribution in [0.15, 0.2) is 41.4 Å². The maximum absolute atomic E-state index is 9.17. The molecule has 0 aromatic heterocycles. The Bertz CT molecular complexity index is 809. The third-order valence-corrected chi connectivity index (χ3v) is 4.20. The summed E-state index contributed by atoms with van der Waals surface area (Å²) in [6.07, 6.45) is 0.0197. The fourth-order valence-corrected chi connectivity index (χ4v) is 2.84. The van der Waals surface area contributed by atoms with Crippen molar-refractivity contribution in [1.82, 2.24) is 5.32 Å². The second-order valence-electron chi connectivity index (χ2n) is 6.04. The number of benzene rings is 2. The van der Waals surface area contributed by atoms with Crippen molar-refractivity contribution in [1.29, 1.82) is 0 Å². The van der Waals surface area contributed by atoms with Gasteiger partial charge in [0, 0.05) is 11.6 Å². The molecule has 0 aliphatic carbocycles. The molecule has 0 saturated heterocycles. The van der Waals surface area contributed by atoms with Crippen LogP contribution in [0.2, 0.25) is 0 Å². The topological polar surface area (TPSA) is 95.3 Å². The van der Waals surface area contributed by atoms with Crippen molar-refractivity contribution >= 4 is 24.1 Å². The molecule has 8 heteroatoms. The molecule has 0 radical (unpaired) electrons. The summed E-state index contributed by atoms with van der Waals surface area (Å²) in [7, 11) is 1.75. The molecule has 1 heterocycles. The molecule has 0 amide bonds. The molecule has 26 heavy (non-hydrogen) atoms. The Hall–Kier alpha value is -2.71. The van der Waals surface area contributed by atoms with Gasteiger partial charge in [-0.2, -0.15) is 0 Å².